The predicted molar refractivity (Wildman–Crippen MR) is 108 cm³/mol. The first-order valence-electron chi connectivity index (χ1n) is 10.8. The number of nitrogens with one attached hydrogen (secondary N) is 2. The third kappa shape index (κ3) is 5.29. The molecule has 27 heavy (non-hydrogen) atoms. The lowest BCUT2D eigenvalue weighted by Gasteiger charge is -2.37. The van der Waals surface area contributed by atoms with Gasteiger partial charge in [-0.25, -0.2) is 4.79 Å². The molecule has 1 saturated carbocycles. The Bertz CT molecular complexity index is 506. The van der Waals surface area contributed by atoms with Crippen LogP contribution in [-0.2, 0) is 4.79 Å². The average molecular weight is 399 g/mol. The van der Waals surface area contributed by atoms with Crippen LogP contribution in [0, 0.1) is 5.92 Å². The van der Waals surface area contributed by atoms with Gasteiger partial charge in [0.1, 0.15) is 0 Å². The summed E-state index contributed by atoms with van der Waals surface area (Å²) in [6, 6.07) is 1.71. The number of hydrogen-bond donors (Lipinski definition) is 2. The van der Waals surface area contributed by atoms with E-state index in [1.165, 1.54) is 32.1 Å². The highest BCUT2D eigenvalue weighted by atomic mass is 35.5. The maximum Gasteiger partial charge on any atom is 0.317 e. The van der Waals surface area contributed by atoms with Crippen molar-refractivity contribution in [2.45, 2.75) is 82.3 Å². The van der Waals surface area contributed by atoms with E-state index in [2.05, 4.69) is 10.6 Å². The number of fused-ring (bicyclic) bond motifs is 2. The largest absolute Gasteiger partial charge is 0.339 e. The Morgan fingerprint density at radius 1 is 0.852 bits per heavy atom. The molecule has 4 rings (SSSR count). The van der Waals surface area contributed by atoms with E-state index in [0.29, 0.717) is 62.6 Å². The van der Waals surface area contributed by atoms with Crippen molar-refractivity contribution >= 4 is 24.3 Å². The van der Waals surface area contributed by atoms with Crippen molar-refractivity contribution in [3.05, 3.63) is 0 Å². The molecule has 154 valence electrons. The van der Waals surface area contributed by atoms with Gasteiger partial charge in [0.05, 0.1) is 0 Å². The third-order valence-electron chi connectivity index (χ3n) is 6.89. The number of amides is 3. The maximum atomic E-state index is 12.7. The van der Waals surface area contributed by atoms with Crippen molar-refractivity contribution in [3.8, 4) is 0 Å². The fourth-order valence-electron chi connectivity index (χ4n) is 5.39. The summed E-state index contributed by atoms with van der Waals surface area (Å²) in [5.41, 5.74) is 0. The van der Waals surface area contributed by atoms with Crippen LogP contribution in [0.25, 0.3) is 0 Å². The number of urea groups is 1. The van der Waals surface area contributed by atoms with E-state index in [9.17, 15) is 9.59 Å². The van der Waals surface area contributed by atoms with Crippen LogP contribution >= 0.6 is 12.4 Å². The van der Waals surface area contributed by atoms with Crippen molar-refractivity contribution in [1.82, 2.24) is 20.4 Å². The van der Waals surface area contributed by atoms with Gasteiger partial charge in [-0.15, -0.1) is 12.4 Å². The van der Waals surface area contributed by atoms with Gasteiger partial charge in [0.15, 0.2) is 0 Å². The highest BCUT2D eigenvalue weighted by Crippen LogP contribution is 2.33. The summed E-state index contributed by atoms with van der Waals surface area (Å²) in [5.74, 6) is 0.845. The van der Waals surface area contributed by atoms with Crippen molar-refractivity contribution in [2.75, 3.05) is 26.2 Å². The Labute approximate surface area is 169 Å². The Morgan fingerprint density at radius 2 is 1.44 bits per heavy atom. The van der Waals surface area contributed by atoms with Gasteiger partial charge in [-0.2, -0.15) is 0 Å². The second-order valence-electron chi connectivity index (χ2n) is 8.83. The summed E-state index contributed by atoms with van der Waals surface area (Å²) in [4.78, 5) is 29.0. The van der Waals surface area contributed by atoms with E-state index in [1.807, 2.05) is 9.80 Å². The van der Waals surface area contributed by atoms with E-state index in [-0.39, 0.29) is 18.4 Å². The first-order valence-corrected chi connectivity index (χ1v) is 10.8. The molecule has 2 N–H and O–H groups in total. The summed E-state index contributed by atoms with van der Waals surface area (Å²) >= 11 is 0. The normalized spacial score (nSPS) is 31.3. The Morgan fingerprint density at radius 3 is 2.07 bits per heavy atom. The zero-order valence-corrected chi connectivity index (χ0v) is 17.1. The van der Waals surface area contributed by atoms with E-state index in [4.69, 9.17) is 0 Å². The monoisotopic (exact) mass is 398 g/mol. The molecule has 2 bridgehead atoms. The molecule has 3 amide bonds. The van der Waals surface area contributed by atoms with Crippen LogP contribution in [0.2, 0.25) is 0 Å². The van der Waals surface area contributed by atoms with Gasteiger partial charge in [0.2, 0.25) is 5.91 Å². The van der Waals surface area contributed by atoms with Crippen molar-refractivity contribution in [1.29, 1.82) is 0 Å². The van der Waals surface area contributed by atoms with E-state index in [0.717, 1.165) is 25.7 Å². The molecule has 0 aromatic rings. The van der Waals surface area contributed by atoms with Crippen molar-refractivity contribution in [2.24, 2.45) is 5.92 Å². The lowest BCUT2D eigenvalue weighted by molar-refractivity contribution is -0.133. The zero-order chi connectivity index (χ0) is 17.9. The number of carbonyl (C=O) groups is 2. The molecule has 0 aromatic heterocycles. The minimum Gasteiger partial charge on any atom is -0.339 e. The van der Waals surface area contributed by atoms with Gasteiger partial charge in [0, 0.05) is 50.7 Å². The first-order chi connectivity index (χ1) is 12.7. The molecule has 3 heterocycles. The fourth-order valence-corrected chi connectivity index (χ4v) is 5.39. The number of nitrogens with zero attached hydrogens (tertiary/aromatic N) is 2. The zero-order valence-electron chi connectivity index (χ0n) is 16.3. The molecule has 4 aliphatic rings. The van der Waals surface area contributed by atoms with Gasteiger partial charge in [-0.05, 0) is 44.4 Å². The third-order valence-corrected chi connectivity index (χ3v) is 6.89. The molecular formula is C20H35ClN4O2. The minimum absolute atomic E-state index is 0. The standard InChI is InChI=1S/C20H34N4O2.ClH/c25-19(14-15-12-17-6-7-18(13-15)21-17)23-8-10-24(11-9-23)20(26)22-16-4-2-1-3-5-16;/h15-18,21H,1-14H2,(H,22,26);1H. The van der Waals surface area contributed by atoms with Crippen molar-refractivity contribution in [3.63, 3.8) is 0 Å². The highest BCUT2D eigenvalue weighted by molar-refractivity contribution is 5.85. The van der Waals surface area contributed by atoms with E-state index in [1.54, 1.807) is 0 Å². The molecule has 1 aliphatic carbocycles. The van der Waals surface area contributed by atoms with Crippen LogP contribution in [-0.4, -0.2) is 66.0 Å². The van der Waals surface area contributed by atoms with Crippen LogP contribution in [0.5, 0.6) is 0 Å². The molecule has 0 spiro atoms. The molecule has 0 radical (unpaired) electrons. The van der Waals surface area contributed by atoms with Gasteiger partial charge < -0.3 is 20.4 Å². The molecule has 2 atom stereocenters. The number of hydrogen-bond acceptors (Lipinski definition) is 3. The molecule has 3 aliphatic heterocycles. The lowest BCUT2D eigenvalue weighted by Crippen LogP contribution is -2.55. The van der Waals surface area contributed by atoms with Crippen LogP contribution in [0.15, 0.2) is 0 Å². The van der Waals surface area contributed by atoms with Crippen LogP contribution in [0.1, 0.15) is 64.2 Å². The number of piperidine rings is 1. The summed E-state index contributed by atoms with van der Waals surface area (Å²) in [7, 11) is 0. The topological polar surface area (TPSA) is 64.7 Å². The number of halogens is 1. The Hall–Kier alpha value is -1.01. The summed E-state index contributed by atoms with van der Waals surface area (Å²) < 4.78 is 0. The summed E-state index contributed by atoms with van der Waals surface area (Å²) in [6.07, 6.45) is 11.6. The van der Waals surface area contributed by atoms with Gasteiger partial charge in [-0.1, -0.05) is 19.3 Å². The molecule has 6 nitrogen and oxygen atoms in total. The minimum atomic E-state index is 0. The fraction of sp³-hybridized carbons (Fsp3) is 0.900. The molecule has 3 saturated heterocycles. The lowest BCUT2D eigenvalue weighted by atomic mass is 9.89. The summed E-state index contributed by atoms with van der Waals surface area (Å²) in [5, 5.41) is 6.84. The first kappa shape index (κ1) is 20.7. The van der Waals surface area contributed by atoms with Crippen LogP contribution < -0.4 is 10.6 Å². The maximum absolute atomic E-state index is 12.7. The number of rotatable bonds is 3. The van der Waals surface area contributed by atoms with Gasteiger partial charge >= 0.3 is 6.03 Å². The molecule has 4 fully saturated rings. The average Bonchev–Trinajstić information content (AvgIpc) is 3.01. The SMILES string of the molecule is Cl.O=C(CC1CC2CCC(C1)N2)N1CCN(C(=O)NC2CCCCC2)CC1. The van der Waals surface area contributed by atoms with E-state index >= 15 is 0 Å². The van der Waals surface area contributed by atoms with Crippen LogP contribution in [0.4, 0.5) is 4.79 Å². The van der Waals surface area contributed by atoms with Gasteiger partial charge in [0.25, 0.3) is 0 Å². The number of piperazine rings is 1. The second kappa shape index (κ2) is 9.46. The summed E-state index contributed by atoms with van der Waals surface area (Å²) in [6.45, 7) is 2.72. The predicted octanol–water partition coefficient (Wildman–Crippen LogP) is 2.52. The van der Waals surface area contributed by atoms with Gasteiger partial charge in [-0.3, -0.25) is 4.79 Å². The van der Waals surface area contributed by atoms with Crippen molar-refractivity contribution < 1.29 is 9.59 Å². The quantitative estimate of drug-likeness (QED) is 0.767. The molecule has 7 heteroatoms. The molecular weight excluding hydrogens is 364 g/mol. The Kier molecular flexibility index (Phi) is 7.26. The molecule has 0 aromatic carbocycles. The Balaban J connectivity index is 0.00000210. The second-order valence-corrected chi connectivity index (χ2v) is 8.83. The van der Waals surface area contributed by atoms with Crippen LogP contribution in [0.3, 0.4) is 0 Å². The number of carbonyl (C=O) groups excluding carboxylic acids is 2. The molecule has 2 unspecified atom stereocenters. The van der Waals surface area contributed by atoms with E-state index < -0.39 is 0 Å². The highest BCUT2D eigenvalue weighted by Gasteiger charge is 2.35. The smallest absolute Gasteiger partial charge is 0.317 e.